The summed E-state index contributed by atoms with van der Waals surface area (Å²) in [6, 6.07) is 18.8. The van der Waals surface area contributed by atoms with Gasteiger partial charge >= 0.3 is 5.97 Å². The summed E-state index contributed by atoms with van der Waals surface area (Å²) in [4.78, 5) is 40.5. The van der Waals surface area contributed by atoms with Crippen molar-refractivity contribution in [2.24, 2.45) is 0 Å². The van der Waals surface area contributed by atoms with E-state index in [9.17, 15) is 19.5 Å². The van der Waals surface area contributed by atoms with Crippen LogP contribution in [0, 0.1) is 13.8 Å². The molecule has 0 saturated carbocycles. The maximum absolute atomic E-state index is 13.5. The first-order chi connectivity index (χ1) is 17.4. The Morgan fingerprint density at radius 1 is 0.946 bits per heavy atom. The lowest BCUT2D eigenvalue weighted by Crippen LogP contribution is -2.29. The number of nitrogens with zero attached hydrogens (tertiary/aromatic N) is 1. The minimum atomic E-state index is -0.887. The molecule has 0 spiro atoms. The van der Waals surface area contributed by atoms with Gasteiger partial charge in [-0.2, -0.15) is 0 Å². The number of Topliss-reactive ketones (excluding diaryl/α,β-unsaturated/α-hetero) is 1. The van der Waals surface area contributed by atoms with Gasteiger partial charge in [0.25, 0.3) is 11.7 Å². The number of aliphatic hydroxyl groups is 1. The zero-order valence-electron chi connectivity index (χ0n) is 22.0. The quantitative estimate of drug-likeness (QED) is 0.206. The Kier molecular flexibility index (Phi) is 6.78. The second-order valence-corrected chi connectivity index (χ2v) is 10.4. The third-order valence-electron chi connectivity index (χ3n) is 6.73. The highest BCUT2D eigenvalue weighted by Crippen LogP contribution is 2.43. The lowest BCUT2D eigenvalue weighted by molar-refractivity contribution is -0.132. The molecule has 1 aliphatic rings. The number of amides is 1. The van der Waals surface area contributed by atoms with Crippen LogP contribution in [0.2, 0.25) is 0 Å². The van der Waals surface area contributed by atoms with E-state index in [2.05, 4.69) is 20.8 Å². The van der Waals surface area contributed by atoms with Gasteiger partial charge in [-0.05, 0) is 60.2 Å². The largest absolute Gasteiger partial charge is 0.507 e. The highest BCUT2D eigenvalue weighted by Gasteiger charge is 2.47. The number of hydrogen-bond acceptors (Lipinski definition) is 5. The Hall–Kier alpha value is -4.19. The molecule has 1 heterocycles. The summed E-state index contributed by atoms with van der Waals surface area (Å²) in [5.41, 5.74) is 4.48. The molecule has 0 bridgehead atoms. The molecule has 1 saturated heterocycles. The summed E-state index contributed by atoms with van der Waals surface area (Å²) in [6.07, 6.45) is 0. The summed E-state index contributed by atoms with van der Waals surface area (Å²) < 4.78 is 4.84. The summed E-state index contributed by atoms with van der Waals surface area (Å²) in [5, 5.41) is 11.5. The number of aliphatic hydroxyl groups excluding tert-OH is 1. The maximum atomic E-state index is 13.5. The van der Waals surface area contributed by atoms with Gasteiger partial charge < -0.3 is 9.84 Å². The van der Waals surface area contributed by atoms with Crippen molar-refractivity contribution >= 4 is 29.1 Å². The van der Waals surface area contributed by atoms with E-state index in [0.29, 0.717) is 16.8 Å². The molecule has 3 aromatic carbocycles. The summed E-state index contributed by atoms with van der Waals surface area (Å²) in [5.74, 6) is -2.35. The van der Waals surface area contributed by atoms with Crippen molar-refractivity contribution in [3.05, 3.63) is 106 Å². The first-order valence-corrected chi connectivity index (χ1v) is 12.1. The SMILES string of the molecule is COC(=O)c1cccc(N2C(=O)C(=O)/C(=C(/O)c3cc(C)ccc3C)C2c2ccc(C(C)(C)C)cc2)c1. The van der Waals surface area contributed by atoms with Crippen molar-refractivity contribution in [3.8, 4) is 0 Å². The number of hydrogen-bond donors (Lipinski definition) is 1. The van der Waals surface area contributed by atoms with Crippen molar-refractivity contribution in [2.75, 3.05) is 12.0 Å². The van der Waals surface area contributed by atoms with Gasteiger partial charge in [0.15, 0.2) is 0 Å². The number of methoxy groups -OCH3 is 1. The highest BCUT2D eigenvalue weighted by molar-refractivity contribution is 6.51. The van der Waals surface area contributed by atoms with Crippen LogP contribution in [0.15, 0.2) is 72.3 Å². The van der Waals surface area contributed by atoms with Crippen molar-refractivity contribution in [1.82, 2.24) is 0 Å². The zero-order chi connectivity index (χ0) is 27.1. The molecule has 4 rings (SSSR count). The van der Waals surface area contributed by atoms with Crippen LogP contribution in [0.4, 0.5) is 5.69 Å². The Morgan fingerprint density at radius 2 is 1.62 bits per heavy atom. The van der Waals surface area contributed by atoms with Gasteiger partial charge in [-0.15, -0.1) is 0 Å². The van der Waals surface area contributed by atoms with Crippen LogP contribution in [-0.4, -0.2) is 29.9 Å². The number of ether oxygens (including phenoxy) is 1. The van der Waals surface area contributed by atoms with Gasteiger partial charge in [-0.25, -0.2) is 4.79 Å². The number of ketones is 1. The number of anilines is 1. The lowest BCUT2D eigenvalue weighted by Gasteiger charge is -2.27. The topological polar surface area (TPSA) is 83.9 Å². The summed E-state index contributed by atoms with van der Waals surface area (Å²) >= 11 is 0. The molecule has 1 unspecified atom stereocenters. The van der Waals surface area contributed by atoms with E-state index >= 15 is 0 Å². The Labute approximate surface area is 217 Å². The molecule has 6 nitrogen and oxygen atoms in total. The van der Waals surface area contributed by atoms with E-state index in [1.165, 1.54) is 18.1 Å². The molecule has 0 aromatic heterocycles. The number of rotatable bonds is 4. The fourth-order valence-corrected chi connectivity index (χ4v) is 4.62. The summed E-state index contributed by atoms with van der Waals surface area (Å²) in [6.45, 7) is 10.1. The van der Waals surface area contributed by atoms with E-state index in [1.54, 1.807) is 24.3 Å². The van der Waals surface area contributed by atoms with Crippen LogP contribution >= 0.6 is 0 Å². The number of carbonyl (C=O) groups is 3. The Balaban J connectivity index is 1.96. The molecule has 1 fully saturated rings. The molecule has 1 atom stereocenters. The fraction of sp³-hybridized carbons (Fsp3) is 0.258. The van der Waals surface area contributed by atoms with Gasteiger partial charge in [0, 0.05) is 11.3 Å². The highest BCUT2D eigenvalue weighted by atomic mass is 16.5. The average Bonchev–Trinajstić information content (AvgIpc) is 3.14. The summed E-state index contributed by atoms with van der Waals surface area (Å²) in [7, 11) is 1.28. The van der Waals surface area contributed by atoms with E-state index in [4.69, 9.17) is 4.74 Å². The normalized spacial score (nSPS) is 17.2. The van der Waals surface area contributed by atoms with Gasteiger partial charge in [0.05, 0.1) is 24.3 Å². The molecule has 6 heteroatoms. The first-order valence-electron chi connectivity index (χ1n) is 12.1. The van der Waals surface area contributed by atoms with Crippen LogP contribution in [0.25, 0.3) is 5.76 Å². The molecule has 1 aliphatic heterocycles. The van der Waals surface area contributed by atoms with E-state index < -0.39 is 23.7 Å². The molecule has 0 aliphatic carbocycles. The predicted octanol–water partition coefficient (Wildman–Crippen LogP) is 6.01. The van der Waals surface area contributed by atoms with Gasteiger partial charge in [0.2, 0.25) is 0 Å². The molecule has 0 radical (unpaired) electrons. The Bertz CT molecular complexity index is 1430. The van der Waals surface area contributed by atoms with Crippen molar-refractivity contribution in [1.29, 1.82) is 0 Å². The van der Waals surface area contributed by atoms with Crippen LogP contribution in [0.1, 0.15) is 65.0 Å². The molecule has 3 aromatic rings. The minimum absolute atomic E-state index is 0.00526. The monoisotopic (exact) mass is 497 g/mol. The first kappa shape index (κ1) is 25.9. The number of esters is 1. The second-order valence-electron chi connectivity index (χ2n) is 10.4. The lowest BCUT2D eigenvalue weighted by atomic mass is 9.85. The Morgan fingerprint density at radius 3 is 2.24 bits per heavy atom. The molecule has 1 N–H and O–H groups in total. The third-order valence-corrected chi connectivity index (χ3v) is 6.73. The smallest absolute Gasteiger partial charge is 0.337 e. The van der Waals surface area contributed by atoms with Crippen LogP contribution in [0.5, 0.6) is 0 Å². The minimum Gasteiger partial charge on any atom is -0.507 e. The molecule has 1 amide bonds. The number of aryl methyl sites for hydroxylation is 2. The van der Waals surface area contributed by atoms with Crippen molar-refractivity contribution in [2.45, 2.75) is 46.1 Å². The van der Waals surface area contributed by atoms with E-state index in [1.807, 2.05) is 50.2 Å². The average molecular weight is 498 g/mol. The van der Waals surface area contributed by atoms with Gasteiger partial charge in [0.1, 0.15) is 5.76 Å². The number of benzene rings is 3. The van der Waals surface area contributed by atoms with E-state index in [0.717, 1.165) is 16.7 Å². The van der Waals surface area contributed by atoms with Gasteiger partial charge in [-0.1, -0.05) is 68.8 Å². The molecular weight excluding hydrogens is 466 g/mol. The van der Waals surface area contributed by atoms with Gasteiger partial charge in [-0.3, -0.25) is 14.5 Å². The number of carbonyl (C=O) groups excluding carboxylic acids is 3. The molecule has 37 heavy (non-hydrogen) atoms. The second kappa shape index (κ2) is 9.69. The predicted molar refractivity (Wildman–Crippen MR) is 144 cm³/mol. The fourth-order valence-electron chi connectivity index (χ4n) is 4.62. The molecular formula is C31H31NO5. The van der Waals surface area contributed by atoms with Crippen LogP contribution in [-0.2, 0) is 19.7 Å². The standard InChI is InChI=1S/C31H31NO5/c1-18-10-11-19(2)24(16-18)27(33)25-26(20-12-14-22(15-13-20)31(3,4)5)32(29(35)28(25)34)23-9-7-8-21(17-23)30(36)37-6/h7-17,26,33H,1-6H3/b27-25+. The third kappa shape index (κ3) is 4.79. The van der Waals surface area contributed by atoms with Crippen molar-refractivity contribution < 1.29 is 24.2 Å². The molecule has 190 valence electrons. The van der Waals surface area contributed by atoms with Crippen molar-refractivity contribution in [3.63, 3.8) is 0 Å². The van der Waals surface area contributed by atoms with E-state index in [-0.39, 0.29) is 22.3 Å². The van der Waals surface area contributed by atoms with Crippen LogP contribution in [0.3, 0.4) is 0 Å². The van der Waals surface area contributed by atoms with Crippen LogP contribution < -0.4 is 4.90 Å². The zero-order valence-corrected chi connectivity index (χ0v) is 22.0. The maximum Gasteiger partial charge on any atom is 0.337 e.